The molecule has 0 saturated carbocycles. The van der Waals surface area contributed by atoms with Crippen molar-refractivity contribution >= 4 is 0 Å². The van der Waals surface area contributed by atoms with Crippen molar-refractivity contribution in [1.82, 2.24) is 4.90 Å². The van der Waals surface area contributed by atoms with Gasteiger partial charge in [-0.1, -0.05) is 0 Å². The molecule has 0 aromatic heterocycles. The van der Waals surface area contributed by atoms with E-state index in [2.05, 4.69) is 4.90 Å². The molecule has 0 aromatic rings. The fourth-order valence-electron chi connectivity index (χ4n) is 2.14. The van der Waals surface area contributed by atoms with Crippen LogP contribution in [0.4, 0.5) is 8.78 Å². The van der Waals surface area contributed by atoms with E-state index in [0.29, 0.717) is 19.2 Å². The van der Waals surface area contributed by atoms with Crippen LogP contribution in [0.3, 0.4) is 0 Å². The average Bonchev–Trinajstić information content (AvgIpc) is 2.61. The predicted molar refractivity (Wildman–Crippen MR) is 49.6 cm³/mol. The maximum Gasteiger partial charge on any atom is 0.250 e. The van der Waals surface area contributed by atoms with Gasteiger partial charge in [-0.2, -0.15) is 0 Å². The topological polar surface area (TPSA) is 12.5 Å². The summed E-state index contributed by atoms with van der Waals surface area (Å²) in [6.07, 6.45) is 2.53. The quantitative estimate of drug-likeness (QED) is 0.682. The molecule has 0 amide bonds. The molecular weight excluding hydrogens is 188 g/mol. The van der Waals surface area contributed by atoms with Crippen LogP contribution < -0.4 is 0 Å². The summed E-state index contributed by atoms with van der Waals surface area (Å²) in [7, 11) is 0. The standard InChI is InChI=1S/C10H17F2NO/c11-10(12)3-5-13(6-4-10)8-9-2-1-7-14-9/h9H,1-8H2. The zero-order valence-corrected chi connectivity index (χ0v) is 8.35. The normalized spacial score (nSPS) is 33.4. The van der Waals surface area contributed by atoms with Crippen LogP contribution in [0.25, 0.3) is 0 Å². The first-order valence-corrected chi connectivity index (χ1v) is 5.37. The van der Waals surface area contributed by atoms with Crippen molar-refractivity contribution in [3.8, 4) is 0 Å². The lowest BCUT2D eigenvalue weighted by molar-refractivity contribution is -0.0621. The number of piperidine rings is 1. The fraction of sp³-hybridized carbons (Fsp3) is 1.00. The number of nitrogens with zero attached hydrogens (tertiary/aromatic N) is 1. The van der Waals surface area contributed by atoms with Gasteiger partial charge in [0.05, 0.1) is 6.10 Å². The van der Waals surface area contributed by atoms with Gasteiger partial charge in [0.25, 0.3) is 5.92 Å². The van der Waals surface area contributed by atoms with E-state index in [1.54, 1.807) is 0 Å². The second-order valence-corrected chi connectivity index (χ2v) is 4.29. The average molecular weight is 205 g/mol. The Morgan fingerprint density at radius 1 is 1.29 bits per heavy atom. The van der Waals surface area contributed by atoms with Gasteiger partial charge in [0, 0.05) is 39.1 Å². The molecule has 4 heteroatoms. The zero-order valence-electron chi connectivity index (χ0n) is 8.35. The smallest absolute Gasteiger partial charge is 0.250 e. The van der Waals surface area contributed by atoms with Gasteiger partial charge in [-0.15, -0.1) is 0 Å². The van der Waals surface area contributed by atoms with Gasteiger partial charge < -0.3 is 9.64 Å². The van der Waals surface area contributed by atoms with Crippen LogP contribution in [-0.2, 0) is 4.74 Å². The van der Waals surface area contributed by atoms with Crippen LogP contribution in [0.2, 0.25) is 0 Å². The van der Waals surface area contributed by atoms with E-state index in [9.17, 15) is 8.78 Å². The first-order valence-electron chi connectivity index (χ1n) is 5.37. The molecule has 0 bridgehead atoms. The number of alkyl halides is 2. The Bertz CT molecular complexity index is 183. The minimum Gasteiger partial charge on any atom is -0.377 e. The number of likely N-dealkylation sites (tertiary alicyclic amines) is 1. The minimum absolute atomic E-state index is 0.0136. The largest absolute Gasteiger partial charge is 0.377 e. The third-order valence-electron chi connectivity index (χ3n) is 3.07. The van der Waals surface area contributed by atoms with Crippen LogP contribution in [0.1, 0.15) is 25.7 Å². The molecule has 2 rings (SSSR count). The van der Waals surface area contributed by atoms with Gasteiger partial charge in [-0.05, 0) is 12.8 Å². The molecule has 0 N–H and O–H groups in total. The summed E-state index contributed by atoms with van der Waals surface area (Å²) in [5.74, 6) is -2.42. The first-order chi connectivity index (χ1) is 6.66. The van der Waals surface area contributed by atoms with Crippen molar-refractivity contribution in [3.63, 3.8) is 0 Å². The van der Waals surface area contributed by atoms with Crippen LogP contribution in [0.5, 0.6) is 0 Å². The third kappa shape index (κ3) is 2.64. The van der Waals surface area contributed by atoms with E-state index in [-0.39, 0.29) is 12.8 Å². The van der Waals surface area contributed by atoms with Crippen molar-refractivity contribution in [3.05, 3.63) is 0 Å². The molecule has 2 fully saturated rings. The summed E-state index contributed by atoms with van der Waals surface area (Å²) >= 11 is 0. The lowest BCUT2D eigenvalue weighted by Gasteiger charge is -2.32. The van der Waals surface area contributed by atoms with Gasteiger partial charge in [0.1, 0.15) is 0 Å². The summed E-state index contributed by atoms with van der Waals surface area (Å²) in [6.45, 7) is 2.73. The maximum absolute atomic E-state index is 12.8. The molecule has 0 spiro atoms. The molecule has 2 nitrogen and oxygen atoms in total. The summed E-state index contributed by atoms with van der Waals surface area (Å²) in [5.41, 5.74) is 0. The number of hydrogen-bond acceptors (Lipinski definition) is 2. The molecule has 1 atom stereocenters. The molecule has 0 aliphatic carbocycles. The summed E-state index contributed by atoms with van der Waals surface area (Å²) in [6, 6.07) is 0. The Kier molecular flexibility index (Phi) is 3.02. The van der Waals surface area contributed by atoms with E-state index in [4.69, 9.17) is 4.74 Å². The molecule has 2 aliphatic heterocycles. The number of halogens is 2. The highest BCUT2D eigenvalue weighted by atomic mass is 19.3. The molecule has 0 aromatic carbocycles. The van der Waals surface area contributed by atoms with Crippen molar-refractivity contribution in [2.24, 2.45) is 0 Å². The number of rotatable bonds is 2. The number of hydrogen-bond donors (Lipinski definition) is 0. The van der Waals surface area contributed by atoms with E-state index in [1.165, 1.54) is 0 Å². The zero-order chi connectivity index (χ0) is 10.0. The predicted octanol–water partition coefficient (Wildman–Crippen LogP) is 1.90. The van der Waals surface area contributed by atoms with Crippen LogP contribution >= 0.6 is 0 Å². The molecule has 2 aliphatic rings. The molecular formula is C10H17F2NO. The monoisotopic (exact) mass is 205 g/mol. The Morgan fingerprint density at radius 2 is 2.00 bits per heavy atom. The summed E-state index contributed by atoms with van der Waals surface area (Å²) < 4.78 is 31.1. The highest BCUT2D eigenvalue weighted by molar-refractivity contribution is 4.80. The third-order valence-corrected chi connectivity index (χ3v) is 3.07. The lowest BCUT2D eigenvalue weighted by atomic mass is 10.1. The first kappa shape index (κ1) is 10.3. The number of ether oxygens (including phenoxy) is 1. The van der Waals surface area contributed by atoms with Crippen molar-refractivity contribution < 1.29 is 13.5 Å². The summed E-state index contributed by atoms with van der Waals surface area (Å²) in [4.78, 5) is 2.10. The molecule has 14 heavy (non-hydrogen) atoms. The second-order valence-electron chi connectivity index (χ2n) is 4.29. The van der Waals surface area contributed by atoms with E-state index in [1.807, 2.05) is 0 Å². The maximum atomic E-state index is 12.8. The lowest BCUT2D eigenvalue weighted by Crippen LogP contribution is -2.42. The van der Waals surface area contributed by atoms with Gasteiger partial charge >= 0.3 is 0 Å². The SMILES string of the molecule is FC1(F)CCN(CC2CCCO2)CC1. The molecule has 0 radical (unpaired) electrons. The van der Waals surface area contributed by atoms with Crippen LogP contribution in [-0.4, -0.2) is 43.2 Å². The Labute approximate surface area is 83.2 Å². The van der Waals surface area contributed by atoms with Gasteiger partial charge in [0.15, 0.2) is 0 Å². The van der Waals surface area contributed by atoms with E-state index < -0.39 is 5.92 Å². The highest BCUT2D eigenvalue weighted by Gasteiger charge is 2.34. The van der Waals surface area contributed by atoms with Gasteiger partial charge in [-0.3, -0.25) is 0 Å². The Morgan fingerprint density at radius 3 is 2.57 bits per heavy atom. The van der Waals surface area contributed by atoms with E-state index in [0.717, 1.165) is 26.0 Å². The van der Waals surface area contributed by atoms with Crippen molar-refractivity contribution in [2.45, 2.75) is 37.7 Å². The highest BCUT2D eigenvalue weighted by Crippen LogP contribution is 2.28. The van der Waals surface area contributed by atoms with Crippen LogP contribution in [0, 0.1) is 0 Å². The fourth-order valence-corrected chi connectivity index (χ4v) is 2.14. The van der Waals surface area contributed by atoms with Crippen molar-refractivity contribution in [1.29, 1.82) is 0 Å². The Hall–Kier alpha value is -0.220. The summed E-state index contributed by atoms with van der Waals surface area (Å²) in [5, 5.41) is 0. The molecule has 82 valence electrons. The molecule has 1 unspecified atom stereocenters. The molecule has 2 heterocycles. The van der Waals surface area contributed by atoms with E-state index >= 15 is 0 Å². The molecule has 2 saturated heterocycles. The van der Waals surface area contributed by atoms with Crippen molar-refractivity contribution in [2.75, 3.05) is 26.2 Å². The Balaban J connectivity index is 1.72. The van der Waals surface area contributed by atoms with Gasteiger partial charge in [-0.25, -0.2) is 8.78 Å². The minimum atomic E-state index is -2.42. The van der Waals surface area contributed by atoms with Crippen LogP contribution in [0.15, 0.2) is 0 Å². The van der Waals surface area contributed by atoms with Gasteiger partial charge in [0.2, 0.25) is 0 Å². The second kappa shape index (κ2) is 4.11.